The molecule has 2 nitrogen and oxygen atoms in total. The molecule has 2 rings (SSSR count). The summed E-state index contributed by atoms with van der Waals surface area (Å²) in [5.74, 6) is 0. The lowest BCUT2D eigenvalue weighted by atomic mass is 9.93. The molecule has 1 N–H and O–H groups in total. The first-order chi connectivity index (χ1) is 8.16. The molecule has 1 aromatic heterocycles. The maximum atomic E-state index is 10.9. The lowest BCUT2D eigenvalue weighted by Crippen LogP contribution is -2.31. The summed E-state index contributed by atoms with van der Waals surface area (Å²) in [6.45, 7) is 2.29. The molecule has 0 aliphatic rings. The molecule has 1 unspecified atom stereocenters. The number of methoxy groups -OCH3 is 1. The Morgan fingerprint density at radius 3 is 2.41 bits per heavy atom. The molecule has 0 amide bonds. The Labute approximate surface area is 105 Å². The van der Waals surface area contributed by atoms with E-state index in [0.717, 1.165) is 10.4 Å². The molecule has 0 aliphatic carbocycles. The van der Waals surface area contributed by atoms with Crippen LogP contribution in [0.1, 0.15) is 15.3 Å². The van der Waals surface area contributed by atoms with Crippen molar-refractivity contribution in [1.29, 1.82) is 0 Å². The quantitative estimate of drug-likeness (QED) is 0.901. The predicted octanol–water partition coefficient (Wildman–Crippen LogP) is 2.94. The maximum absolute atomic E-state index is 10.9. The van der Waals surface area contributed by atoms with Crippen LogP contribution < -0.4 is 0 Å². The summed E-state index contributed by atoms with van der Waals surface area (Å²) in [7, 11) is 1.61. The minimum Gasteiger partial charge on any atom is -0.381 e. The molecule has 0 aliphatic heterocycles. The Morgan fingerprint density at radius 1 is 1.18 bits per heavy atom. The molecule has 3 heteroatoms. The van der Waals surface area contributed by atoms with Gasteiger partial charge in [0.05, 0.1) is 6.61 Å². The van der Waals surface area contributed by atoms with Gasteiger partial charge in [0.1, 0.15) is 5.60 Å². The number of aryl methyl sites for hydroxylation is 1. The highest BCUT2D eigenvalue weighted by Gasteiger charge is 2.32. The lowest BCUT2D eigenvalue weighted by Gasteiger charge is -2.26. The third-order valence-corrected chi connectivity index (χ3v) is 3.90. The summed E-state index contributed by atoms with van der Waals surface area (Å²) in [4.78, 5) is 2.11. The van der Waals surface area contributed by atoms with Gasteiger partial charge >= 0.3 is 0 Å². The van der Waals surface area contributed by atoms with Crippen LogP contribution >= 0.6 is 11.3 Å². The predicted molar refractivity (Wildman–Crippen MR) is 70.4 cm³/mol. The van der Waals surface area contributed by atoms with E-state index in [1.165, 1.54) is 4.88 Å². The normalized spacial score (nSPS) is 14.5. The fourth-order valence-corrected chi connectivity index (χ4v) is 2.84. The number of thiophene rings is 1. The van der Waals surface area contributed by atoms with Gasteiger partial charge in [-0.2, -0.15) is 0 Å². The van der Waals surface area contributed by atoms with Crippen LogP contribution in [-0.4, -0.2) is 18.8 Å². The molecule has 0 bridgehead atoms. The molecule has 1 aromatic carbocycles. The second-order valence-electron chi connectivity index (χ2n) is 4.07. The fraction of sp³-hybridized carbons (Fsp3) is 0.286. The molecule has 0 saturated carbocycles. The fourth-order valence-electron chi connectivity index (χ4n) is 1.88. The van der Waals surface area contributed by atoms with Gasteiger partial charge in [0.25, 0.3) is 0 Å². The van der Waals surface area contributed by atoms with Crippen molar-refractivity contribution in [1.82, 2.24) is 0 Å². The summed E-state index contributed by atoms with van der Waals surface area (Å²) in [5, 5.41) is 10.9. The first-order valence-electron chi connectivity index (χ1n) is 5.50. The zero-order valence-corrected chi connectivity index (χ0v) is 10.8. The molecule has 0 spiro atoms. The zero-order valence-electron chi connectivity index (χ0n) is 10.0. The number of ether oxygens (including phenoxy) is 1. The third-order valence-electron chi connectivity index (χ3n) is 2.75. The molecule has 0 fully saturated rings. The molecule has 0 saturated heterocycles. The molecule has 2 aromatic rings. The summed E-state index contributed by atoms with van der Waals surface area (Å²) in [6, 6.07) is 13.6. The van der Waals surface area contributed by atoms with Gasteiger partial charge in [0.2, 0.25) is 0 Å². The average molecular weight is 248 g/mol. The minimum atomic E-state index is -1.05. The van der Waals surface area contributed by atoms with E-state index < -0.39 is 5.60 Å². The number of benzene rings is 1. The van der Waals surface area contributed by atoms with Crippen LogP contribution in [0.2, 0.25) is 0 Å². The largest absolute Gasteiger partial charge is 0.381 e. The van der Waals surface area contributed by atoms with Gasteiger partial charge in [-0.3, -0.25) is 0 Å². The smallest absolute Gasteiger partial charge is 0.147 e. The van der Waals surface area contributed by atoms with E-state index in [2.05, 4.69) is 0 Å². The van der Waals surface area contributed by atoms with Crippen molar-refractivity contribution >= 4 is 11.3 Å². The van der Waals surface area contributed by atoms with Crippen LogP contribution in [0.4, 0.5) is 0 Å². The van der Waals surface area contributed by atoms with Crippen molar-refractivity contribution in [3.05, 3.63) is 57.8 Å². The molecule has 90 valence electrons. The number of hydrogen-bond donors (Lipinski definition) is 1. The highest BCUT2D eigenvalue weighted by Crippen LogP contribution is 2.34. The average Bonchev–Trinajstić information content (AvgIpc) is 2.78. The van der Waals surface area contributed by atoms with E-state index >= 15 is 0 Å². The van der Waals surface area contributed by atoms with Crippen molar-refractivity contribution < 1.29 is 9.84 Å². The lowest BCUT2D eigenvalue weighted by molar-refractivity contribution is -0.000617. The van der Waals surface area contributed by atoms with Gasteiger partial charge in [0, 0.05) is 16.9 Å². The van der Waals surface area contributed by atoms with E-state index in [1.54, 1.807) is 18.4 Å². The van der Waals surface area contributed by atoms with Crippen LogP contribution in [0, 0.1) is 6.92 Å². The molecule has 1 atom stereocenters. The Morgan fingerprint density at radius 2 is 1.88 bits per heavy atom. The highest BCUT2D eigenvalue weighted by molar-refractivity contribution is 7.12. The van der Waals surface area contributed by atoms with Crippen LogP contribution in [0.5, 0.6) is 0 Å². The van der Waals surface area contributed by atoms with Gasteiger partial charge in [-0.05, 0) is 24.6 Å². The molecule has 17 heavy (non-hydrogen) atoms. The zero-order chi connectivity index (χ0) is 12.3. The van der Waals surface area contributed by atoms with Crippen LogP contribution in [0.15, 0.2) is 42.5 Å². The van der Waals surface area contributed by atoms with Crippen molar-refractivity contribution in [2.75, 3.05) is 13.7 Å². The van der Waals surface area contributed by atoms with Gasteiger partial charge in [-0.25, -0.2) is 0 Å². The second kappa shape index (κ2) is 5.00. The van der Waals surface area contributed by atoms with E-state index in [9.17, 15) is 5.11 Å². The Kier molecular flexibility index (Phi) is 3.62. The van der Waals surface area contributed by atoms with E-state index in [1.807, 2.05) is 49.4 Å². The van der Waals surface area contributed by atoms with E-state index in [0.29, 0.717) is 0 Å². The van der Waals surface area contributed by atoms with Crippen molar-refractivity contribution in [3.63, 3.8) is 0 Å². The van der Waals surface area contributed by atoms with Gasteiger partial charge < -0.3 is 9.84 Å². The van der Waals surface area contributed by atoms with Crippen molar-refractivity contribution in [2.45, 2.75) is 12.5 Å². The van der Waals surface area contributed by atoms with Crippen LogP contribution in [0.25, 0.3) is 0 Å². The van der Waals surface area contributed by atoms with Crippen LogP contribution in [0.3, 0.4) is 0 Å². The summed E-state index contributed by atoms with van der Waals surface area (Å²) >= 11 is 1.60. The van der Waals surface area contributed by atoms with Crippen LogP contribution in [-0.2, 0) is 10.3 Å². The topological polar surface area (TPSA) is 29.5 Å². The minimum absolute atomic E-state index is 0.261. The summed E-state index contributed by atoms with van der Waals surface area (Å²) < 4.78 is 5.18. The maximum Gasteiger partial charge on any atom is 0.147 e. The van der Waals surface area contributed by atoms with Gasteiger partial charge in [0.15, 0.2) is 0 Å². The highest BCUT2D eigenvalue weighted by atomic mass is 32.1. The first kappa shape index (κ1) is 12.3. The Bertz CT molecular complexity index is 478. The third kappa shape index (κ3) is 2.41. The van der Waals surface area contributed by atoms with Crippen molar-refractivity contribution in [2.24, 2.45) is 0 Å². The number of aliphatic hydroxyl groups is 1. The van der Waals surface area contributed by atoms with Crippen molar-refractivity contribution in [3.8, 4) is 0 Å². The second-order valence-corrected chi connectivity index (χ2v) is 5.36. The SMILES string of the molecule is COCC(O)(c1ccccc1)c1ccc(C)s1. The van der Waals surface area contributed by atoms with E-state index in [-0.39, 0.29) is 6.61 Å². The number of hydrogen-bond acceptors (Lipinski definition) is 3. The van der Waals surface area contributed by atoms with Gasteiger partial charge in [-0.1, -0.05) is 30.3 Å². The Balaban J connectivity index is 2.46. The van der Waals surface area contributed by atoms with Gasteiger partial charge in [-0.15, -0.1) is 11.3 Å². The monoisotopic (exact) mass is 248 g/mol. The summed E-state index contributed by atoms with van der Waals surface area (Å²) in [5.41, 5.74) is -0.182. The van der Waals surface area contributed by atoms with E-state index in [4.69, 9.17) is 4.74 Å². The molecule has 1 heterocycles. The molecular formula is C14H16O2S. The standard InChI is InChI=1S/C14H16O2S/c1-11-8-9-13(17-11)14(15,10-16-2)12-6-4-3-5-7-12/h3-9,15H,10H2,1-2H3. The first-order valence-corrected chi connectivity index (χ1v) is 6.32. The molecule has 0 radical (unpaired) electrons. The molecular weight excluding hydrogens is 232 g/mol. The Hall–Kier alpha value is -1.16. The summed E-state index contributed by atoms with van der Waals surface area (Å²) in [6.07, 6.45) is 0. The number of rotatable bonds is 4.